The first-order valence-electron chi connectivity index (χ1n) is 11.0. The summed E-state index contributed by atoms with van der Waals surface area (Å²) in [7, 11) is 4.11. The summed E-state index contributed by atoms with van der Waals surface area (Å²) in [5, 5.41) is 12.3. The minimum atomic E-state index is -0.491. The summed E-state index contributed by atoms with van der Waals surface area (Å²) < 4.78 is 14.3. The SMILES string of the molecule is CN1CCC(NC(=O)c2[nH]ncc2NC(=O)c2cc(F)cc(N3CCN(C)CC3)c2)CC1. The second-order valence-corrected chi connectivity index (χ2v) is 8.65. The van der Waals surface area contributed by atoms with Crippen LogP contribution in [0, 0.1) is 5.82 Å². The number of amides is 2. The van der Waals surface area contributed by atoms with Crippen LogP contribution < -0.4 is 15.5 Å². The van der Waals surface area contributed by atoms with E-state index >= 15 is 0 Å². The standard InChI is InChI=1S/C22H30FN7O2/c1-28-5-3-17(4-6-28)25-22(32)20-19(14-24-27-20)26-21(31)15-11-16(23)13-18(12-15)30-9-7-29(2)8-10-30/h11-14,17H,3-10H2,1-2H3,(H,24,27)(H,25,32)(H,26,31). The summed E-state index contributed by atoms with van der Waals surface area (Å²) in [5.41, 5.74) is 1.33. The van der Waals surface area contributed by atoms with Crippen LogP contribution in [-0.4, -0.2) is 91.2 Å². The first kappa shape index (κ1) is 22.2. The van der Waals surface area contributed by atoms with Crippen molar-refractivity contribution in [3.8, 4) is 0 Å². The Hall–Kier alpha value is -2.98. The van der Waals surface area contributed by atoms with Crippen molar-refractivity contribution in [2.45, 2.75) is 18.9 Å². The number of anilines is 2. The average molecular weight is 444 g/mol. The molecular weight excluding hydrogens is 413 g/mol. The summed E-state index contributed by atoms with van der Waals surface area (Å²) in [6, 6.07) is 4.41. The molecule has 3 heterocycles. The van der Waals surface area contributed by atoms with Crippen LogP contribution in [0.25, 0.3) is 0 Å². The number of nitrogens with zero attached hydrogens (tertiary/aromatic N) is 4. The van der Waals surface area contributed by atoms with Crippen LogP contribution in [0.3, 0.4) is 0 Å². The number of likely N-dealkylation sites (N-methyl/N-ethyl adjacent to an activating group) is 1. The van der Waals surface area contributed by atoms with Crippen LogP contribution in [0.2, 0.25) is 0 Å². The normalized spacial score (nSPS) is 18.5. The van der Waals surface area contributed by atoms with E-state index in [1.54, 1.807) is 6.07 Å². The first-order chi connectivity index (χ1) is 15.4. The van der Waals surface area contributed by atoms with Crippen molar-refractivity contribution in [2.24, 2.45) is 0 Å². The largest absolute Gasteiger partial charge is 0.369 e. The average Bonchev–Trinajstić information content (AvgIpc) is 3.23. The number of aromatic nitrogens is 2. The number of benzene rings is 1. The second-order valence-electron chi connectivity index (χ2n) is 8.65. The molecule has 2 fully saturated rings. The van der Waals surface area contributed by atoms with Gasteiger partial charge in [-0.2, -0.15) is 5.10 Å². The number of carbonyl (C=O) groups excluding carboxylic acids is 2. The van der Waals surface area contributed by atoms with Gasteiger partial charge in [0.05, 0.1) is 11.9 Å². The molecule has 0 spiro atoms. The van der Waals surface area contributed by atoms with E-state index in [0.29, 0.717) is 5.69 Å². The van der Waals surface area contributed by atoms with E-state index in [9.17, 15) is 14.0 Å². The zero-order valence-electron chi connectivity index (χ0n) is 18.5. The number of likely N-dealkylation sites (tertiary alicyclic amines) is 1. The summed E-state index contributed by atoms with van der Waals surface area (Å²) in [4.78, 5) is 32.1. The van der Waals surface area contributed by atoms with Gasteiger partial charge in [-0.3, -0.25) is 14.7 Å². The van der Waals surface area contributed by atoms with E-state index in [0.717, 1.165) is 52.1 Å². The Kier molecular flexibility index (Phi) is 6.71. The van der Waals surface area contributed by atoms with E-state index in [1.807, 2.05) is 7.05 Å². The van der Waals surface area contributed by atoms with Gasteiger partial charge in [-0.05, 0) is 58.2 Å². The van der Waals surface area contributed by atoms with Gasteiger partial charge in [-0.25, -0.2) is 4.39 Å². The van der Waals surface area contributed by atoms with Crippen molar-refractivity contribution in [3.63, 3.8) is 0 Å². The molecule has 0 bridgehead atoms. The number of piperazine rings is 1. The molecule has 2 aliphatic heterocycles. The highest BCUT2D eigenvalue weighted by Crippen LogP contribution is 2.22. The van der Waals surface area contributed by atoms with Crippen LogP contribution in [0.5, 0.6) is 0 Å². The fourth-order valence-electron chi connectivity index (χ4n) is 4.11. The van der Waals surface area contributed by atoms with E-state index in [-0.39, 0.29) is 28.9 Å². The lowest BCUT2D eigenvalue weighted by Gasteiger charge is -2.34. The number of nitrogens with one attached hydrogen (secondary N) is 3. The van der Waals surface area contributed by atoms with Crippen LogP contribution in [0.1, 0.15) is 33.7 Å². The van der Waals surface area contributed by atoms with Crippen molar-refractivity contribution in [1.29, 1.82) is 0 Å². The van der Waals surface area contributed by atoms with Crippen LogP contribution in [0.4, 0.5) is 15.8 Å². The Morgan fingerprint density at radius 1 is 1.00 bits per heavy atom. The molecule has 2 aliphatic rings. The Balaban J connectivity index is 1.43. The molecule has 10 heteroatoms. The molecule has 9 nitrogen and oxygen atoms in total. The van der Waals surface area contributed by atoms with Gasteiger partial charge >= 0.3 is 0 Å². The summed E-state index contributed by atoms with van der Waals surface area (Å²) in [5.74, 6) is -1.28. The number of rotatable bonds is 5. The van der Waals surface area contributed by atoms with Gasteiger partial charge < -0.3 is 25.3 Å². The zero-order valence-corrected chi connectivity index (χ0v) is 18.5. The quantitative estimate of drug-likeness (QED) is 0.646. The fraction of sp³-hybridized carbons (Fsp3) is 0.500. The molecule has 2 aromatic rings. The van der Waals surface area contributed by atoms with Crippen molar-refractivity contribution >= 4 is 23.2 Å². The topological polar surface area (TPSA) is 96.6 Å². The summed E-state index contributed by atoms with van der Waals surface area (Å²) >= 11 is 0. The molecule has 172 valence electrons. The van der Waals surface area contributed by atoms with Crippen molar-refractivity contribution in [2.75, 3.05) is 63.6 Å². The van der Waals surface area contributed by atoms with Gasteiger partial charge in [0.25, 0.3) is 11.8 Å². The third-order valence-corrected chi connectivity index (χ3v) is 6.18. The molecule has 2 amide bonds. The summed E-state index contributed by atoms with van der Waals surface area (Å²) in [6.45, 7) is 5.14. The molecule has 2 saturated heterocycles. The third-order valence-electron chi connectivity index (χ3n) is 6.18. The molecule has 1 aromatic heterocycles. The fourth-order valence-corrected chi connectivity index (χ4v) is 4.11. The smallest absolute Gasteiger partial charge is 0.271 e. The van der Waals surface area contributed by atoms with Crippen molar-refractivity contribution in [3.05, 3.63) is 41.5 Å². The lowest BCUT2D eigenvalue weighted by Crippen LogP contribution is -2.44. The van der Waals surface area contributed by atoms with Gasteiger partial charge in [0.1, 0.15) is 11.5 Å². The highest BCUT2D eigenvalue weighted by atomic mass is 19.1. The highest BCUT2D eigenvalue weighted by Gasteiger charge is 2.23. The first-order valence-corrected chi connectivity index (χ1v) is 11.0. The molecule has 0 atom stereocenters. The lowest BCUT2D eigenvalue weighted by atomic mass is 10.1. The molecule has 0 aliphatic carbocycles. The van der Waals surface area contributed by atoms with Crippen LogP contribution in [0.15, 0.2) is 24.4 Å². The Bertz CT molecular complexity index is 963. The van der Waals surface area contributed by atoms with Gasteiger partial charge in [0.15, 0.2) is 0 Å². The molecule has 32 heavy (non-hydrogen) atoms. The van der Waals surface area contributed by atoms with Crippen LogP contribution >= 0.6 is 0 Å². The number of aromatic amines is 1. The minimum Gasteiger partial charge on any atom is -0.369 e. The van der Waals surface area contributed by atoms with E-state index in [4.69, 9.17) is 0 Å². The Labute approximate surface area is 186 Å². The van der Waals surface area contributed by atoms with E-state index in [1.165, 1.54) is 18.3 Å². The van der Waals surface area contributed by atoms with Gasteiger partial charge in [0.2, 0.25) is 0 Å². The van der Waals surface area contributed by atoms with Crippen LogP contribution in [-0.2, 0) is 0 Å². The van der Waals surface area contributed by atoms with Gasteiger partial charge in [-0.1, -0.05) is 0 Å². The molecule has 1 aromatic carbocycles. The number of piperidine rings is 1. The second kappa shape index (κ2) is 9.66. The molecule has 3 N–H and O–H groups in total. The third kappa shape index (κ3) is 5.25. The predicted molar refractivity (Wildman–Crippen MR) is 121 cm³/mol. The van der Waals surface area contributed by atoms with E-state index in [2.05, 4.69) is 42.6 Å². The van der Waals surface area contributed by atoms with Crippen molar-refractivity contribution < 1.29 is 14.0 Å². The van der Waals surface area contributed by atoms with Crippen molar-refractivity contribution in [1.82, 2.24) is 25.3 Å². The molecular formula is C22H30FN7O2. The predicted octanol–water partition coefficient (Wildman–Crippen LogP) is 1.38. The molecule has 4 rings (SSSR count). The zero-order chi connectivity index (χ0) is 22.7. The Morgan fingerprint density at radius 3 is 2.41 bits per heavy atom. The van der Waals surface area contributed by atoms with Gasteiger partial charge in [-0.15, -0.1) is 0 Å². The number of hydrogen-bond acceptors (Lipinski definition) is 6. The maximum Gasteiger partial charge on any atom is 0.271 e. The number of halogens is 1. The highest BCUT2D eigenvalue weighted by molar-refractivity contribution is 6.08. The number of H-pyrrole nitrogens is 1. The minimum absolute atomic E-state index is 0.0833. The molecule has 0 unspecified atom stereocenters. The maximum absolute atomic E-state index is 14.3. The van der Waals surface area contributed by atoms with Gasteiger partial charge in [0, 0.05) is 43.5 Å². The maximum atomic E-state index is 14.3. The number of carbonyl (C=O) groups is 2. The monoisotopic (exact) mass is 443 g/mol. The molecule has 0 radical (unpaired) electrons. The Morgan fingerprint density at radius 2 is 1.69 bits per heavy atom. The number of hydrogen-bond donors (Lipinski definition) is 3. The molecule has 0 saturated carbocycles. The summed E-state index contributed by atoms with van der Waals surface area (Å²) in [6.07, 6.45) is 3.13. The lowest BCUT2D eigenvalue weighted by molar-refractivity contribution is 0.0912. The van der Waals surface area contributed by atoms with E-state index < -0.39 is 11.7 Å².